The Hall–Kier alpha value is -1.04. The summed E-state index contributed by atoms with van der Waals surface area (Å²) in [5.41, 5.74) is 1.02. The molecular formula is C14H24N4O. The predicted octanol–water partition coefficient (Wildman–Crippen LogP) is 1.37. The van der Waals surface area contributed by atoms with E-state index in [1.54, 1.807) is 0 Å². The molecule has 1 N–H and O–H groups in total. The minimum atomic E-state index is 0.00713. The lowest BCUT2D eigenvalue weighted by molar-refractivity contribution is -0.0326. The van der Waals surface area contributed by atoms with Crippen LogP contribution in [-0.2, 0) is 11.3 Å². The molecule has 19 heavy (non-hydrogen) atoms. The van der Waals surface area contributed by atoms with Gasteiger partial charge in [0.25, 0.3) is 0 Å². The van der Waals surface area contributed by atoms with Gasteiger partial charge in [-0.1, -0.05) is 20.8 Å². The molecule has 1 aromatic rings. The number of rotatable bonds is 5. The van der Waals surface area contributed by atoms with Crippen LogP contribution in [0.3, 0.4) is 0 Å². The first kappa shape index (κ1) is 14.4. The molecule has 2 heterocycles. The summed E-state index contributed by atoms with van der Waals surface area (Å²) in [5.74, 6) is 0.807. The maximum absolute atomic E-state index is 5.79. The zero-order chi connectivity index (χ0) is 13.7. The Bertz CT molecular complexity index is 397. The fourth-order valence-electron chi connectivity index (χ4n) is 2.12. The van der Waals surface area contributed by atoms with E-state index in [0.29, 0.717) is 6.04 Å². The fraction of sp³-hybridized carbons (Fsp3) is 0.714. The third kappa shape index (κ3) is 4.23. The zero-order valence-electron chi connectivity index (χ0n) is 12.1. The Kier molecular flexibility index (Phi) is 5.24. The van der Waals surface area contributed by atoms with Crippen molar-refractivity contribution in [3.8, 4) is 0 Å². The fourth-order valence-corrected chi connectivity index (χ4v) is 2.12. The lowest BCUT2D eigenvalue weighted by atomic mass is 10.2. The molecule has 0 aliphatic carbocycles. The lowest BCUT2D eigenvalue weighted by Gasteiger charge is -2.31. The van der Waals surface area contributed by atoms with Crippen molar-refractivity contribution < 1.29 is 4.74 Å². The van der Waals surface area contributed by atoms with Gasteiger partial charge in [0.15, 0.2) is 5.82 Å². The molecular weight excluding hydrogens is 240 g/mol. The molecule has 1 saturated heterocycles. The van der Waals surface area contributed by atoms with Gasteiger partial charge in [0, 0.05) is 31.9 Å². The van der Waals surface area contributed by atoms with E-state index in [-0.39, 0.29) is 6.10 Å². The molecule has 5 heteroatoms. The molecule has 1 atom stereocenters. The highest BCUT2D eigenvalue weighted by Crippen LogP contribution is 2.18. The third-order valence-corrected chi connectivity index (χ3v) is 3.31. The molecule has 0 radical (unpaired) electrons. The monoisotopic (exact) mass is 264 g/mol. The second-order valence-corrected chi connectivity index (χ2v) is 5.19. The van der Waals surface area contributed by atoms with Crippen molar-refractivity contribution in [3.63, 3.8) is 0 Å². The van der Waals surface area contributed by atoms with Crippen molar-refractivity contribution in [2.45, 2.75) is 39.5 Å². The summed E-state index contributed by atoms with van der Waals surface area (Å²) in [4.78, 5) is 11.4. The van der Waals surface area contributed by atoms with Crippen LogP contribution in [0.4, 0.5) is 0 Å². The summed E-state index contributed by atoms with van der Waals surface area (Å²) in [6.45, 7) is 10.9. The largest absolute Gasteiger partial charge is 0.368 e. The molecule has 106 valence electrons. The lowest BCUT2D eigenvalue weighted by Crippen LogP contribution is -2.38. The summed E-state index contributed by atoms with van der Waals surface area (Å²) >= 11 is 0. The highest BCUT2D eigenvalue weighted by Gasteiger charge is 2.23. The number of hydrogen-bond donors (Lipinski definition) is 1. The number of nitrogens with one attached hydrogen (secondary N) is 1. The average Bonchev–Trinajstić information content (AvgIpc) is 2.45. The first-order valence-corrected chi connectivity index (χ1v) is 7.08. The first-order valence-electron chi connectivity index (χ1n) is 7.08. The number of nitrogens with zero attached hydrogens (tertiary/aromatic N) is 3. The quantitative estimate of drug-likeness (QED) is 0.870. The van der Waals surface area contributed by atoms with Crippen LogP contribution >= 0.6 is 0 Å². The Balaban J connectivity index is 2.01. The van der Waals surface area contributed by atoms with E-state index in [9.17, 15) is 0 Å². The van der Waals surface area contributed by atoms with Gasteiger partial charge in [0.2, 0.25) is 0 Å². The van der Waals surface area contributed by atoms with E-state index < -0.39 is 0 Å². The summed E-state index contributed by atoms with van der Waals surface area (Å²) in [7, 11) is 0. The van der Waals surface area contributed by atoms with Gasteiger partial charge in [-0.15, -0.1) is 0 Å². The van der Waals surface area contributed by atoms with Crippen molar-refractivity contribution in [2.75, 3.05) is 26.2 Å². The van der Waals surface area contributed by atoms with Gasteiger partial charge in [-0.2, -0.15) is 0 Å². The van der Waals surface area contributed by atoms with E-state index in [1.807, 2.05) is 12.3 Å². The predicted molar refractivity (Wildman–Crippen MR) is 74.8 cm³/mol. The standard InChI is InChI=1S/C14H24N4O/c1-4-18-7-8-19-13(10-18)14-15-6-5-12(17-14)9-16-11(2)3/h5-6,11,13,16H,4,7-10H2,1-3H3. The Morgan fingerprint density at radius 2 is 2.37 bits per heavy atom. The van der Waals surface area contributed by atoms with Crippen molar-refractivity contribution in [1.29, 1.82) is 0 Å². The molecule has 0 bridgehead atoms. The minimum Gasteiger partial charge on any atom is -0.368 e. The molecule has 0 aromatic carbocycles. The molecule has 0 saturated carbocycles. The number of aromatic nitrogens is 2. The Morgan fingerprint density at radius 3 is 3.11 bits per heavy atom. The van der Waals surface area contributed by atoms with Gasteiger partial charge < -0.3 is 10.1 Å². The maximum Gasteiger partial charge on any atom is 0.158 e. The van der Waals surface area contributed by atoms with Gasteiger partial charge in [0.05, 0.1) is 12.3 Å². The topological polar surface area (TPSA) is 50.3 Å². The van der Waals surface area contributed by atoms with Crippen molar-refractivity contribution >= 4 is 0 Å². The van der Waals surface area contributed by atoms with Crippen molar-refractivity contribution in [2.24, 2.45) is 0 Å². The molecule has 2 rings (SSSR count). The molecule has 1 aromatic heterocycles. The van der Waals surface area contributed by atoms with Gasteiger partial charge in [-0.3, -0.25) is 4.90 Å². The van der Waals surface area contributed by atoms with Crippen LogP contribution in [0, 0.1) is 0 Å². The molecule has 1 aliphatic heterocycles. The molecule has 0 amide bonds. The zero-order valence-corrected chi connectivity index (χ0v) is 12.1. The number of ether oxygens (including phenoxy) is 1. The van der Waals surface area contributed by atoms with E-state index >= 15 is 0 Å². The van der Waals surface area contributed by atoms with Crippen LogP contribution in [-0.4, -0.2) is 47.2 Å². The highest BCUT2D eigenvalue weighted by molar-refractivity contribution is 5.05. The summed E-state index contributed by atoms with van der Waals surface area (Å²) in [6, 6.07) is 2.42. The van der Waals surface area contributed by atoms with Gasteiger partial charge in [-0.25, -0.2) is 9.97 Å². The molecule has 1 fully saturated rings. The van der Waals surface area contributed by atoms with Crippen LogP contribution < -0.4 is 5.32 Å². The minimum absolute atomic E-state index is 0.00713. The number of likely N-dealkylation sites (N-methyl/N-ethyl adjacent to an activating group) is 1. The van der Waals surface area contributed by atoms with Gasteiger partial charge >= 0.3 is 0 Å². The Morgan fingerprint density at radius 1 is 1.53 bits per heavy atom. The van der Waals surface area contributed by atoms with Crippen molar-refractivity contribution in [3.05, 3.63) is 23.8 Å². The second-order valence-electron chi connectivity index (χ2n) is 5.19. The highest BCUT2D eigenvalue weighted by atomic mass is 16.5. The molecule has 1 aliphatic rings. The molecule has 0 spiro atoms. The molecule has 5 nitrogen and oxygen atoms in total. The van der Waals surface area contributed by atoms with E-state index in [4.69, 9.17) is 4.74 Å². The Labute approximate surface area is 115 Å². The normalized spacial score (nSPS) is 20.9. The second kappa shape index (κ2) is 6.93. The van der Waals surface area contributed by atoms with Crippen LogP contribution in [0.25, 0.3) is 0 Å². The average molecular weight is 264 g/mol. The number of hydrogen-bond acceptors (Lipinski definition) is 5. The van der Waals surface area contributed by atoms with E-state index in [0.717, 1.165) is 44.3 Å². The van der Waals surface area contributed by atoms with Crippen LogP contribution in [0.1, 0.15) is 38.4 Å². The van der Waals surface area contributed by atoms with Crippen LogP contribution in [0.5, 0.6) is 0 Å². The summed E-state index contributed by atoms with van der Waals surface area (Å²) < 4.78 is 5.79. The summed E-state index contributed by atoms with van der Waals surface area (Å²) in [6.07, 6.45) is 1.83. The smallest absolute Gasteiger partial charge is 0.158 e. The SMILES string of the molecule is CCN1CCOC(c2nccc(CNC(C)C)n2)C1. The van der Waals surface area contributed by atoms with Crippen LogP contribution in [0.15, 0.2) is 12.3 Å². The molecule has 1 unspecified atom stereocenters. The summed E-state index contributed by atoms with van der Waals surface area (Å²) in [5, 5.41) is 3.37. The number of morpholine rings is 1. The first-order chi connectivity index (χ1) is 9.19. The van der Waals surface area contributed by atoms with Crippen molar-refractivity contribution in [1.82, 2.24) is 20.2 Å². The van der Waals surface area contributed by atoms with Gasteiger partial charge in [0.1, 0.15) is 6.10 Å². The maximum atomic E-state index is 5.79. The van der Waals surface area contributed by atoms with Gasteiger partial charge in [-0.05, 0) is 12.6 Å². The van der Waals surface area contributed by atoms with E-state index in [1.165, 1.54) is 0 Å². The van der Waals surface area contributed by atoms with Crippen LogP contribution in [0.2, 0.25) is 0 Å². The third-order valence-electron chi connectivity index (χ3n) is 3.31. The van der Waals surface area contributed by atoms with E-state index in [2.05, 4.69) is 41.0 Å².